The van der Waals surface area contributed by atoms with Gasteiger partial charge in [0.1, 0.15) is 11.8 Å². The molecule has 24 heavy (non-hydrogen) atoms. The van der Waals surface area contributed by atoms with E-state index in [-0.39, 0.29) is 5.69 Å². The number of aromatic nitrogens is 1. The number of hydrogen-bond donors (Lipinski definition) is 2. The Morgan fingerprint density at radius 2 is 1.96 bits per heavy atom. The number of carbonyl (C=O) groups is 2. The molecule has 6 nitrogen and oxygen atoms in total. The molecule has 3 N–H and O–H groups in total. The van der Waals surface area contributed by atoms with Gasteiger partial charge in [-0.3, -0.25) is 9.59 Å². The van der Waals surface area contributed by atoms with E-state index in [2.05, 4.69) is 10.3 Å². The minimum Gasteiger partial charge on any atom is -0.440 e. The molecule has 3 rings (SSSR count). The Morgan fingerprint density at radius 3 is 2.58 bits per heavy atom. The standard InChI is InChI=1S/C17H15N3O3S/c1-10-13(20-17(23-10)12-8-5-9-24-12)16(22)19-14(15(18)21)11-6-3-2-4-7-11/h2-9,14H,1H3,(H2,18,21)(H,19,22). The Balaban J connectivity index is 1.85. The maximum absolute atomic E-state index is 12.5. The second kappa shape index (κ2) is 6.67. The Hall–Kier alpha value is -2.93. The van der Waals surface area contributed by atoms with E-state index in [4.69, 9.17) is 10.2 Å². The number of aryl methyl sites for hydroxylation is 1. The summed E-state index contributed by atoms with van der Waals surface area (Å²) in [6.45, 7) is 1.65. The maximum atomic E-state index is 12.5. The molecule has 0 saturated heterocycles. The van der Waals surface area contributed by atoms with Crippen molar-refractivity contribution in [2.75, 3.05) is 0 Å². The first-order valence-electron chi connectivity index (χ1n) is 7.22. The van der Waals surface area contributed by atoms with Crippen molar-refractivity contribution in [2.45, 2.75) is 13.0 Å². The molecule has 0 aliphatic heterocycles. The number of rotatable bonds is 5. The zero-order chi connectivity index (χ0) is 17.1. The number of nitrogens with two attached hydrogens (primary N) is 1. The first-order chi connectivity index (χ1) is 11.6. The third-order valence-corrected chi connectivity index (χ3v) is 4.29. The van der Waals surface area contributed by atoms with Gasteiger partial charge in [0.05, 0.1) is 4.88 Å². The van der Waals surface area contributed by atoms with Crippen molar-refractivity contribution in [3.8, 4) is 10.8 Å². The fourth-order valence-corrected chi connectivity index (χ4v) is 2.93. The van der Waals surface area contributed by atoms with E-state index in [0.29, 0.717) is 17.2 Å². The Kier molecular flexibility index (Phi) is 4.43. The topological polar surface area (TPSA) is 98.2 Å². The first-order valence-corrected chi connectivity index (χ1v) is 8.10. The zero-order valence-corrected chi connectivity index (χ0v) is 13.7. The SMILES string of the molecule is Cc1oc(-c2cccs2)nc1C(=O)NC(C(N)=O)c1ccccc1. The molecule has 1 unspecified atom stereocenters. The van der Waals surface area contributed by atoms with Crippen LogP contribution in [-0.4, -0.2) is 16.8 Å². The molecule has 7 heteroatoms. The molecule has 2 heterocycles. The van der Waals surface area contributed by atoms with Gasteiger partial charge in [0.2, 0.25) is 11.8 Å². The Morgan fingerprint density at radius 1 is 1.21 bits per heavy atom. The summed E-state index contributed by atoms with van der Waals surface area (Å²) in [7, 11) is 0. The van der Waals surface area contributed by atoms with Crippen molar-refractivity contribution in [1.82, 2.24) is 10.3 Å². The maximum Gasteiger partial charge on any atom is 0.274 e. The number of hydrogen-bond acceptors (Lipinski definition) is 5. The molecule has 1 atom stereocenters. The van der Waals surface area contributed by atoms with Crippen LogP contribution in [0.5, 0.6) is 0 Å². The van der Waals surface area contributed by atoms with Gasteiger partial charge in [0.15, 0.2) is 5.69 Å². The van der Waals surface area contributed by atoms with Crippen LogP contribution in [0.2, 0.25) is 0 Å². The number of carbonyl (C=O) groups excluding carboxylic acids is 2. The second-order valence-corrected chi connectivity index (χ2v) is 6.07. The molecule has 0 aliphatic carbocycles. The van der Waals surface area contributed by atoms with Crippen LogP contribution >= 0.6 is 11.3 Å². The van der Waals surface area contributed by atoms with E-state index in [1.165, 1.54) is 11.3 Å². The summed E-state index contributed by atoms with van der Waals surface area (Å²) in [5.74, 6) is -0.393. The van der Waals surface area contributed by atoms with Crippen LogP contribution in [0, 0.1) is 6.92 Å². The predicted molar refractivity (Wildman–Crippen MR) is 90.4 cm³/mol. The van der Waals surface area contributed by atoms with E-state index in [1.807, 2.05) is 23.6 Å². The summed E-state index contributed by atoms with van der Waals surface area (Å²) in [6.07, 6.45) is 0. The van der Waals surface area contributed by atoms with Crippen molar-refractivity contribution < 1.29 is 14.0 Å². The summed E-state index contributed by atoms with van der Waals surface area (Å²) in [5, 5.41) is 4.51. The van der Waals surface area contributed by atoms with Crippen molar-refractivity contribution >= 4 is 23.2 Å². The molecule has 122 valence electrons. The molecule has 1 aromatic carbocycles. The molecule has 0 spiro atoms. The summed E-state index contributed by atoms with van der Waals surface area (Å²) in [5.41, 5.74) is 6.17. The van der Waals surface area contributed by atoms with E-state index in [0.717, 1.165) is 4.88 Å². The monoisotopic (exact) mass is 341 g/mol. The third-order valence-electron chi connectivity index (χ3n) is 3.44. The van der Waals surface area contributed by atoms with Gasteiger partial charge in [0.25, 0.3) is 5.91 Å². The number of thiophene rings is 1. The molecule has 0 radical (unpaired) electrons. The summed E-state index contributed by atoms with van der Waals surface area (Å²) in [4.78, 5) is 29.3. The van der Waals surface area contributed by atoms with E-state index >= 15 is 0 Å². The van der Waals surface area contributed by atoms with E-state index < -0.39 is 17.9 Å². The third kappa shape index (κ3) is 3.21. The van der Waals surface area contributed by atoms with Gasteiger partial charge < -0.3 is 15.5 Å². The van der Waals surface area contributed by atoms with E-state index in [1.54, 1.807) is 31.2 Å². The van der Waals surface area contributed by atoms with Crippen LogP contribution in [0.15, 0.2) is 52.3 Å². The minimum atomic E-state index is -0.931. The molecular formula is C17H15N3O3S. The van der Waals surface area contributed by atoms with Gasteiger partial charge in [-0.25, -0.2) is 4.98 Å². The van der Waals surface area contributed by atoms with Gasteiger partial charge in [-0.2, -0.15) is 0 Å². The van der Waals surface area contributed by atoms with Crippen LogP contribution in [0.3, 0.4) is 0 Å². The molecule has 2 amide bonds. The van der Waals surface area contributed by atoms with Crippen molar-refractivity contribution in [1.29, 1.82) is 0 Å². The zero-order valence-electron chi connectivity index (χ0n) is 12.9. The predicted octanol–water partition coefficient (Wildman–Crippen LogP) is 2.67. The minimum absolute atomic E-state index is 0.139. The highest BCUT2D eigenvalue weighted by Crippen LogP contribution is 2.26. The van der Waals surface area contributed by atoms with Gasteiger partial charge in [-0.05, 0) is 23.9 Å². The number of benzene rings is 1. The Bertz CT molecular complexity index is 857. The molecule has 0 aliphatic rings. The summed E-state index contributed by atoms with van der Waals surface area (Å²) < 4.78 is 5.55. The van der Waals surface area contributed by atoms with E-state index in [9.17, 15) is 9.59 Å². The fourth-order valence-electron chi connectivity index (χ4n) is 2.28. The lowest BCUT2D eigenvalue weighted by Gasteiger charge is -2.15. The lowest BCUT2D eigenvalue weighted by atomic mass is 10.1. The fraction of sp³-hybridized carbons (Fsp3) is 0.118. The molecule has 0 fully saturated rings. The van der Waals surface area contributed by atoms with Crippen LogP contribution in [0.4, 0.5) is 0 Å². The normalized spacial score (nSPS) is 11.9. The summed E-state index contributed by atoms with van der Waals surface area (Å²) >= 11 is 1.46. The Labute approximate surface area is 142 Å². The lowest BCUT2D eigenvalue weighted by molar-refractivity contribution is -0.120. The number of nitrogens with zero attached hydrogens (tertiary/aromatic N) is 1. The van der Waals surface area contributed by atoms with Gasteiger partial charge in [-0.1, -0.05) is 36.4 Å². The molecule has 0 bridgehead atoms. The number of oxazole rings is 1. The van der Waals surface area contributed by atoms with Gasteiger partial charge in [-0.15, -0.1) is 11.3 Å². The highest BCUT2D eigenvalue weighted by molar-refractivity contribution is 7.13. The number of nitrogens with one attached hydrogen (secondary N) is 1. The molecule has 3 aromatic rings. The first kappa shape index (κ1) is 15.9. The quantitative estimate of drug-likeness (QED) is 0.745. The second-order valence-electron chi connectivity index (χ2n) is 5.12. The smallest absolute Gasteiger partial charge is 0.274 e. The van der Waals surface area contributed by atoms with Crippen LogP contribution < -0.4 is 11.1 Å². The lowest BCUT2D eigenvalue weighted by Crippen LogP contribution is -2.37. The molecule has 2 aromatic heterocycles. The number of amides is 2. The van der Waals surface area contributed by atoms with Gasteiger partial charge >= 0.3 is 0 Å². The van der Waals surface area contributed by atoms with Crippen molar-refractivity contribution in [3.63, 3.8) is 0 Å². The highest BCUT2D eigenvalue weighted by atomic mass is 32.1. The van der Waals surface area contributed by atoms with Gasteiger partial charge in [0, 0.05) is 0 Å². The van der Waals surface area contributed by atoms with Crippen molar-refractivity contribution in [2.24, 2.45) is 5.73 Å². The average Bonchev–Trinajstić information content (AvgIpc) is 3.22. The average molecular weight is 341 g/mol. The van der Waals surface area contributed by atoms with Crippen LogP contribution in [-0.2, 0) is 4.79 Å². The van der Waals surface area contributed by atoms with Crippen LogP contribution in [0.1, 0.15) is 27.9 Å². The largest absolute Gasteiger partial charge is 0.440 e. The van der Waals surface area contributed by atoms with Crippen molar-refractivity contribution in [3.05, 3.63) is 64.9 Å². The summed E-state index contributed by atoms with van der Waals surface area (Å²) in [6, 6.07) is 11.6. The molecular weight excluding hydrogens is 326 g/mol. The van der Waals surface area contributed by atoms with Crippen LogP contribution in [0.25, 0.3) is 10.8 Å². The number of primary amides is 1. The highest BCUT2D eigenvalue weighted by Gasteiger charge is 2.24. The molecule has 0 saturated carbocycles.